The highest BCUT2D eigenvalue weighted by molar-refractivity contribution is 5.85. The van der Waals surface area contributed by atoms with Crippen LogP contribution in [-0.4, -0.2) is 64.7 Å². The first-order valence-corrected chi connectivity index (χ1v) is 11.8. The van der Waals surface area contributed by atoms with E-state index in [0.29, 0.717) is 24.2 Å². The normalized spacial score (nSPS) is 42.7. The number of carbonyl (C=O) groups excluding carboxylic acids is 2. The van der Waals surface area contributed by atoms with Crippen molar-refractivity contribution in [3.8, 4) is 6.07 Å². The molecule has 5 unspecified atom stereocenters. The van der Waals surface area contributed by atoms with Crippen LogP contribution in [0.2, 0.25) is 0 Å². The predicted octanol–water partition coefficient (Wildman–Crippen LogP) is 0.772. The molecule has 1 aliphatic heterocycles. The molecule has 5 aliphatic carbocycles. The van der Waals surface area contributed by atoms with Gasteiger partial charge in [0.15, 0.2) is 0 Å². The van der Waals surface area contributed by atoms with Crippen LogP contribution < -0.4 is 11.1 Å². The third-order valence-electron chi connectivity index (χ3n) is 8.83. The van der Waals surface area contributed by atoms with E-state index in [-0.39, 0.29) is 24.4 Å². The van der Waals surface area contributed by atoms with Gasteiger partial charge in [-0.1, -0.05) is 0 Å². The lowest BCUT2D eigenvalue weighted by Gasteiger charge is -2.62. The van der Waals surface area contributed by atoms with Crippen molar-refractivity contribution in [3.63, 3.8) is 0 Å². The number of likely N-dealkylation sites (tertiary alicyclic amines) is 1. The Labute approximate surface area is 187 Å². The smallest absolute Gasteiger partial charge is 0.321 e. The Hall–Kier alpha value is -2.18. The minimum Gasteiger partial charge on any atom is -0.480 e. The van der Waals surface area contributed by atoms with E-state index >= 15 is 0 Å². The second kappa shape index (κ2) is 7.42. The Bertz CT molecular complexity index is 870. The van der Waals surface area contributed by atoms with Gasteiger partial charge in [0.2, 0.25) is 5.91 Å². The average Bonchev–Trinajstić information content (AvgIpc) is 3.39. The summed E-state index contributed by atoms with van der Waals surface area (Å²) in [6, 6.07) is 0.365. The second-order valence-electron chi connectivity index (χ2n) is 11.0. The lowest BCUT2D eigenvalue weighted by molar-refractivity contribution is -0.206. The Morgan fingerprint density at radius 1 is 1.22 bits per heavy atom. The maximum absolute atomic E-state index is 13.5. The number of hydrogen-bond donors (Lipinski definition) is 3. The number of nitrogens with one attached hydrogen (secondary N) is 1. The van der Waals surface area contributed by atoms with Crippen molar-refractivity contribution in [2.75, 3.05) is 7.05 Å². The largest absolute Gasteiger partial charge is 0.480 e. The number of carbonyl (C=O) groups is 3. The van der Waals surface area contributed by atoms with Crippen molar-refractivity contribution < 1.29 is 24.2 Å². The van der Waals surface area contributed by atoms with Gasteiger partial charge in [-0.05, 0) is 81.6 Å². The molecule has 5 saturated carbocycles. The van der Waals surface area contributed by atoms with Crippen molar-refractivity contribution in [2.24, 2.45) is 28.9 Å². The number of hydrogen-bond acceptors (Lipinski definition) is 7. The molecule has 6 fully saturated rings. The Morgan fingerprint density at radius 3 is 2.50 bits per heavy atom. The number of piperidine rings is 1. The molecule has 174 valence electrons. The van der Waals surface area contributed by atoms with Gasteiger partial charge in [-0.3, -0.25) is 14.4 Å². The number of rotatable bonds is 7. The van der Waals surface area contributed by atoms with Gasteiger partial charge in [0.05, 0.1) is 18.5 Å². The number of nitriles is 1. The number of aliphatic carboxylic acids is 1. The molecule has 32 heavy (non-hydrogen) atoms. The lowest BCUT2D eigenvalue weighted by atomic mass is 9.46. The van der Waals surface area contributed by atoms with Gasteiger partial charge in [0.25, 0.3) is 0 Å². The summed E-state index contributed by atoms with van der Waals surface area (Å²) in [5.41, 5.74) is 5.60. The summed E-state index contributed by atoms with van der Waals surface area (Å²) in [5.74, 6) is -0.591. The third kappa shape index (κ3) is 3.39. The SMILES string of the molecule is CN[C@@H](CC(=O)OC12CC3C[C@H](C1)CC([C@H](N)C(=O)N1C4CC4C[C@H]1C#N)(C3)C2)C(=O)O. The molecule has 0 radical (unpaired) electrons. The van der Waals surface area contributed by atoms with E-state index in [1.807, 2.05) is 0 Å². The van der Waals surface area contributed by atoms with E-state index in [1.54, 1.807) is 4.90 Å². The number of ether oxygens (including phenoxy) is 1. The number of fused-ring (bicyclic) bond motifs is 1. The van der Waals surface area contributed by atoms with Crippen molar-refractivity contribution in [2.45, 2.75) is 87.6 Å². The Balaban J connectivity index is 1.34. The van der Waals surface area contributed by atoms with Crippen LogP contribution in [0.15, 0.2) is 0 Å². The maximum Gasteiger partial charge on any atom is 0.321 e. The summed E-state index contributed by atoms with van der Waals surface area (Å²) in [7, 11) is 1.51. The van der Waals surface area contributed by atoms with Crippen LogP contribution in [0.5, 0.6) is 0 Å². The first-order valence-electron chi connectivity index (χ1n) is 11.8. The fraction of sp³-hybridized carbons (Fsp3) is 0.826. The highest BCUT2D eigenvalue weighted by atomic mass is 16.6. The van der Waals surface area contributed by atoms with Gasteiger partial charge in [-0.2, -0.15) is 5.26 Å². The Kier molecular flexibility index (Phi) is 5.02. The molecule has 0 aromatic carbocycles. The molecule has 6 aliphatic rings. The molecule has 9 nitrogen and oxygen atoms in total. The summed E-state index contributed by atoms with van der Waals surface area (Å²) in [6.45, 7) is 0. The molecule has 9 atom stereocenters. The first kappa shape index (κ1) is 21.7. The van der Waals surface area contributed by atoms with E-state index in [2.05, 4.69) is 11.4 Å². The van der Waals surface area contributed by atoms with Crippen molar-refractivity contribution in [1.82, 2.24) is 10.2 Å². The number of nitrogens with two attached hydrogens (primary N) is 1. The van der Waals surface area contributed by atoms with Crippen LogP contribution in [-0.2, 0) is 19.1 Å². The molecule has 0 aromatic rings. The second-order valence-corrected chi connectivity index (χ2v) is 11.0. The number of amides is 1. The zero-order chi connectivity index (χ0) is 22.8. The van der Waals surface area contributed by atoms with E-state index in [0.717, 1.165) is 44.9 Å². The molecular formula is C23H32N4O5. The zero-order valence-corrected chi connectivity index (χ0v) is 18.5. The number of carboxylic acid groups (broad SMARTS) is 1. The lowest BCUT2D eigenvalue weighted by Crippen LogP contribution is -2.65. The van der Waals surface area contributed by atoms with Crippen LogP contribution in [0, 0.1) is 34.5 Å². The molecule has 9 heteroatoms. The first-order chi connectivity index (χ1) is 15.2. The van der Waals surface area contributed by atoms with Crippen molar-refractivity contribution in [1.29, 1.82) is 5.26 Å². The minimum absolute atomic E-state index is 0.119. The molecule has 1 amide bonds. The van der Waals surface area contributed by atoms with Gasteiger partial charge in [-0.25, -0.2) is 0 Å². The van der Waals surface area contributed by atoms with Crippen LogP contribution in [0.25, 0.3) is 0 Å². The summed E-state index contributed by atoms with van der Waals surface area (Å²) in [5, 5.41) is 21.4. The summed E-state index contributed by atoms with van der Waals surface area (Å²) in [4.78, 5) is 39.3. The van der Waals surface area contributed by atoms with Gasteiger partial charge >= 0.3 is 11.9 Å². The number of likely N-dealkylation sites (N-methyl/N-ethyl adjacent to an activating group) is 1. The van der Waals surface area contributed by atoms with Crippen LogP contribution in [0.3, 0.4) is 0 Å². The molecule has 4 bridgehead atoms. The predicted molar refractivity (Wildman–Crippen MR) is 112 cm³/mol. The fourth-order valence-corrected chi connectivity index (χ4v) is 7.81. The number of carboxylic acids is 1. The van der Waals surface area contributed by atoms with Gasteiger partial charge in [-0.15, -0.1) is 0 Å². The summed E-state index contributed by atoms with van der Waals surface area (Å²) < 4.78 is 6.01. The molecule has 0 spiro atoms. The van der Waals surface area contributed by atoms with Crippen LogP contribution >= 0.6 is 0 Å². The fourth-order valence-electron chi connectivity index (χ4n) is 7.81. The topological polar surface area (TPSA) is 146 Å². The van der Waals surface area contributed by atoms with Gasteiger partial charge < -0.3 is 25.8 Å². The van der Waals surface area contributed by atoms with Crippen LogP contribution in [0.4, 0.5) is 0 Å². The molecule has 4 N–H and O–H groups in total. The minimum atomic E-state index is -1.09. The molecule has 1 heterocycles. The number of esters is 1. The highest BCUT2D eigenvalue weighted by Gasteiger charge is 2.64. The average molecular weight is 445 g/mol. The Morgan fingerprint density at radius 2 is 1.91 bits per heavy atom. The molecular weight excluding hydrogens is 412 g/mol. The monoisotopic (exact) mass is 444 g/mol. The van der Waals surface area contributed by atoms with E-state index < -0.39 is 35.0 Å². The molecule has 6 rings (SSSR count). The van der Waals surface area contributed by atoms with E-state index in [4.69, 9.17) is 10.5 Å². The summed E-state index contributed by atoms with van der Waals surface area (Å²) in [6.07, 6.45) is 6.29. The van der Waals surface area contributed by atoms with Crippen molar-refractivity contribution in [3.05, 3.63) is 0 Å². The zero-order valence-electron chi connectivity index (χ0n) is 18.5. The standard InChI is InChI=1S/C23H32N4O5/c1-26-16(21(30)31)5-18(28)32-23-8-12-2-13(9-23)7-22(6-12,11-23)19(25)20(29)27-15(10-24)3-14-4-17(14)27/h12-17,19,26H,2-9,11,25H2,1H3,(H,30,31)/t12-,13?,14?,15-,16-,17?,19+,22?,23?/m0/s1. The molecule has 0 aromatic heterocycles. The maximum atomic E-state index is 13.5. The van der Waals surface area contributed by atoms with E-state index in [9.17, 15) is 24.8 Å². The van der Waals surface area contributed by atoms with Crippen molar-refractivity contribution >= 4 is 17.8 Å². The van der Waals surface area contributed by atoms with E-state index in [1.165, 1.54) is 7.05 Å². The van der Waals surface area contributed by atoms with Crippen LogP contribution in [0.1, 0.15) is 57.8 Å². The highest BCUT2D eigenvalue weighted by Crippen LogP contribution is 2.64. The number of nitrogens with zero attached hydrogens (tertiary/aromatic N) is 2. The quantitative estimate of drug-likeness (QED) is 0.488. The van der Waals surface area contributed by atoms with Gasteiger partial charge in [0, 0.05) is 6.04 Å². The third-order valence-corrected chi connectivity index (χ3v) is 8.83. The van der Waals surface area contributed by atoms with Gasteiger partial charge in [0.1, 0.15) is 17.7 Å². The summed E-state index contributed by atoms with van der Waals surface area (Å²) >= 11 is 0. The molecule has 1 saturated heterocycles.